The van der Waals surface area contributed by atoms with Crippen molar-refractivity contribution in [1.82, 2.24) is 5.32 Å². The summed E-state index contributed by atoms with van der Waals surface area (Å²) < 4.78 is 18.8. The van der Waals surface area contributed by atoms with E-state index in [1.807, 2.05) is 38.1 Å². The summed E-state index contributed by atoms with van der Waals surface area (Å²) in [5, 5.41) is 5.83. The Labute approximate surface area is 217 Å². The molecule has 1 saturated heterocycles. The number of carbonyl (C=O) groups excluding carboxylic acids is 2. The number of hydrogen-bond donors (Lipinski definition) is 2. The second kappa shape index (κ2) is 11.8. The van der Waals surface area contributed by atoms with Crippen LogP contribution in [0.4, 0.5) is 21.5 Å². The van der Waals surface area contributed by atoms with Crippen LogP contribution in [0.15, 0.2) is 66.7 Å². The van der Waals surface area contributed by atoms with Gasteiger partial charge >= 0.3 is 0 Å². The highest BCUT2D eigenvalue weighted by molar-refractivity contribution is 6.06. The predicted molar refractivity (Wildman–Crippen MR) is 145 cm³/mol. The lowest BCUT2D eigenvalue weighted by molar-refractivity contribution is 0.0948. The molecule has 7 nitrogen and oxygen atoms in total. The monoisotopic (exact) mass is 504 g/mol. The summed E-state index contributed by atoms with van der Waals surface area (Å²) in [7, 11) is 1.67. The molecular formula is C29H33FN4O3. The molecule has 0 bridgehead atoms. The van der Waals surface area contributed by atoms with Gasteiger partial charge in [0.05, 0.1) is 18.4 Å². The third-order valence-corrected chi connectivity index (χ3v) is 6.32. The summed E-state index contributed by atoms with van der Waals surface area (Å²) in [6, 6.07) is 18.7. The maximum Gasteiger partial charge on any atom is 0.255 e. The number of halogens is 1. The van der Waals surface area contributed by atoms with Crippen molar-refractivity contribution in [3.8, 4) is 5.75 Å². The Morgan fingerprint density at radius 3 is 2.19 bits per heavy atom. The second-order valence-electron chi connectivity index (χ2n) is 9.44. The molecule has 0 spiro atoms. The van der Waals surface area contributed by atoms with Crippen LogP contribution in [0.2, 0.25) is 0 Å². The smallest absolute Gasteiger partial charge is 0.255 e. The number of ether oxygens (including phenoxy) is 1. The van der Waals surface area contributed by atoms with E-state index in [0.717, 1.165) is 43.3 Å². The minimum Gasteiger partial charge on any atom is -0.495 e. The fourth-order valence-electron chi connectivity index (χ4n) is 4.35. The van der Waals surface area contributed by atoms with E-state index >= 15 is 0 Å². The normalized spacial score (nSPS) is 13.4. The molecule has 0 radical (unpaired) electrons. The molecule has 2 N–H and O–H groups in total. The van der Waals surface area contributed by atoms with Crippen molar-refractivity contribution in [2.75, 3.05) is 55.0 Å². The zero-order valence-corrected chi connectivity index (χ0v) is 21.5. The molecule has 2 amide bonds. The molecule has 0 unspecified atom stereocenters. The summed E-state index contributed by atoms with van der Waals surface area (Å²) >= 11 is 0. The van der Waals surface area contributed by atoms with Crippen molar-refractivity contribution in [1.29, 1.82) is 0 Å². The molecule has 1 aliphatic heterocycles. The average molecular weight is 505 g/mol. The molecule has 0 aliphatic carbocycles. The molecule has 1 fully saturated rings. The third kappa shape index (κ3) is 6.39. The minimum atomic E-state index is -0.407. The Balaban J connectivity index is 1.54. The molecule has 194 valence electrons. The molecule has 1 aliphatic rings. The quantitative estimate of drug-likeness (QED) is 0.461. The lowest BCUT2D eigenvalue weighted by atomic mass is 10.1. The maximum absolute atomic E-state index is 13.2. The van der Waals surface area contributed by atoms with Gasteiger partial charge in [-0.15, -0.1) is 0 Å². The number of para-hydroxylation sites is 2. The van der Waals surface area contributed by atoms with Crippen LogP contribution in [0.1, 0.15) is 34.6 Å². The Morgan fingerprint density at radius 1 is 0.892 bits per heavy atom. The number of methoxy groups -OCH3 is 1. The highest BCUT2D eigenvalue weighted by Crippen LogP contribution is 2.31. The van der Waals surface area contributed by atoms with Crippen molar-refractivity contribution < 1.29 is 18.7 Å². The number of rotatable bonds is 8. The first kappa shape index (κ1) is 26.0. The fourth-order valence-corrected chi connectivity index (χ4v) is 4.35. The number of amides is 2. The van der Waals surface area contributed by atoms with Crippen molar-refractivity contribution >= 4 is 28.9 Å². The molecule has 1 heterocycles. The van der Waals surface area contributed by atoms with Crippen LogP contribution < -0.4 is 25.2 Å². The van der Waals surface area contributed by atoms with E-state index in [4.69, 9.17) is 4.74 Å². The van der Waals surface area contributed by atoms with Crippen molar-refractivity contribution in [3.63, 3.8) is 0 Å². The van der Waals surface area contributed by atoms with Crippen LogP contribution in [0.25, 0.3) is 0 Å². The van der Waals surface area contributed by atoms with E-state index in [2.05, 4.69) is 26.5 Å². The van der Waals surface area contributed by atoms with Gasteiger partial charge in [0.1, 0.15) is 11.6 Å². The van der Waals surface area contributed by atoms with Gasteiger partial charge in [-0.3, -0.25) is 9.59 Å². The maximum atomic E-state index is 13.2. The molecule has 0 saturated carbocycles. The molecular weight excluding hydrogens is 471 g/mol. The largest absolute Gasteiger partial charge is 0.495 e. The summed E-state index contributed by atoms with van der Waals surface area (Å²) in [5.41, 5.74) is 3.21. The van der Waals surface area contributed by atoms with Gasteiger partial charge in [0.15, 0.2) is 0 Å². The van der Waals surface area contributed by atoms with Gasteiger partial charge in [0.2, 0.25) is 0 Å². The molecule has 8 heteroatoms. The Morgan fingerprint density at radius 2 is 1.54 bits per heavy atom. The van der Waals surface area contributed by atoms with Gasteiger partial charge in [-0.1, -0.05) is 26.0 Å². The van der Waals surface area contributed by atoms with E-state index in [9.17, 15) is 14.0 Å². The summed E-state index contributed by atoms with van der Waals surface area (Å²) in [5.74, 6) is 0.181. The van der Waals surface area contributed by atoms with E-state index in [1.54, 1.807) is 19.2 Å². The van der Waals surface area contributed by atoms with Crippen molar-refractivity contribution in [2.45, 2.75) is 13.8 Å². The van der Waals surface area contributed by atoms with Crippen LogP contribution in [-0.4, -0.2) is 51.6 Å². The van der Waals surface area contributed by atoms with E-state index in [0.29, 0.717) is 29.3 Å². The van der Waals surface area contributed by atoms with Crippen LogP contribution in [0.5, 0.6) is 5.75 Å². The zero-order valence-electron chi connectivity index (χ0n) is 21.5. The molecule has 4 rings (SSSR count). The number of benzene rings is 3. The summed E-state index contributed by atoms with van der Waals surface area (Å²) in [6.45, 7) is 7.63. The number of piperazine rings is 1. The van der Waals surface area contributed by atoms with Gasteiger partial charge in [-0.05, 0) is 60.5 Å². The molecule has 0 atom stereocenters. The summed E-state index contributed by atoms with van der Waals surface area (Å²) in [6.07, 6.45) is 0. The number of nitrogens with one attached hydrogen (secondary N) is 2. The fraction of sp³-hybridized carbons (Fsp3) is 0.310. The van der Waals surface area contributed by atoms with E-state index in [1.165, 1.54) is 24.3 Å². The lowest BCUT2D eigenvalue weighted by Crippen LogP contribution is -2.47. The third-order valence-electron chi connectivity index (χ3n) is 6.32. The SMILES string of the molecule is COc1ccccc1N1CCN(c2ccc(NC(=O)c3ccc(F)cc3)cc2C(=O)NCC(C)C)CC1. The van der Waals surface area contributed by atoms with Crippen LogP contribution in [-0.2, 0) is 0 Å². The Bertz CT molecular complexity index is 1240. The van der Waals surface area contributed by atoms with E-state index < -0.39 is 5.82 Å². The van der Waals surface area contributed by atoms with Crippen molar-refractivity contribution in [2.24, 2.45) is 5.92 Å². The first-order valence-electron chi connectivity index (χ1n) is 12.5. The Hall–Kier alpha value is -4.07. The highest BCUT2D eigenvalue weighted by Gasteiger charge is 2.24. The van der Waals surface area contributed by atoms with Crippen molar-refractivity contribution in [3.05, 3.63) is 83.7 Å². The van der Waals surface area contributed by atoms with Gasteiger partial charge in [-0.2, -0.15) is 0 Å². The topological polar surface area (TPSA) is 73.9 Å². The van der Waals surface area contributed by atoms with Gasteiger partial charge in [0.25, 0.3) is 11.8 Å². The molecule has 3 aromatic carbocycles. The standard InChI is InChI=1S/C29H33FN4O3/c1-20(2)19-31-29(36)24-18-23(32-28(35)21-8-10-22(30)11-9-21)12-13-25(24)33-14-16-34(17-15-33)26-6-4-5-7-27(26)37-3/h4-13,18,20H,14-17,19H2,1-3H3,(H,31,36)(H,32,35). The molecule has 37 heavy (non-hydrogen) atoms. The second-order valence-corrected chi connectivity index (χ2v) is 9.44. The number of nitrogens with zero attached hydrogens (tertiary/aromatic N) is 2. The van der Waals surface area contributed by atoms with Crippen LogP contribution >= 0.6 is 0 Å². The van der Waals surface area contributed by atoms with Gasteiger partial charge in [-0.25, -0.2) is 4.39 Å². The van der Waals surface area contributed by atoms with Crippen LogP contribution in [0.3, 0.4) is 0 Å². The first-order valence-corrected chi connectivity index (χ1v) is 12.5. The number of hydrogen-bond acceptors (Lipinski definition) is 5. The van der Waals surface area contributed by atoms with Crippen LogP contribution in [0, 0.1) is 11.7 Å². The van der Waals surface area contributed by atoms with Gasteiger partial charge in [0, 0.05) is 49.7 Å². The first-order chi connectivity index (χ1) is 17.9. The lowest BCUT2D eigenvalue weighted by Gasteiger charge is -2.38. The minimum absolute atomic E-state index is 0.186. The average Bonchev–Trinajstić information content (AvgIpc) is 2.92. The van der Waals surface area contributed by atoms with E-state index in [-0.39, 0.29) is 11.8 Å². The Kier molecular flexibility index (Phi) is 8.28. The molecule has 0 aromatic heterocycles. The zero-order chi connectivity index (χ0) is 26.4. The highest BCUT2D eigenvalue weighted by atomic mass is 19.1. The summed E-state index contributed by atoms with van der Waals surface area (Å²) in [4.78, 5) is 30.4. The predicted octanol–water partition coefficient (Wildman–Crippen LogP) is 4.80. The number of anilines is 3. The molecule has 3 aromatic rings. The number of carbonyl (C=O) groups is 2. The van der Waals surface area contributed by atoms with Gasteiger partial charge < -0.3 is 25.2 Å².